The molecule has 64 valence electrons. The van der Waals surface area contributed by atoms with Gasteiger partial charge in [0.1, 0.15) is 11.9 Å². The van der Waals surface area contributed by atoms with E-state index in [-0.39, 0.29) is 17.8 Å². The number of piperidine rings is 1. The topological polar surface area (TPSA) is 44.1 Å². The molecular weight excluding hydrogens is 176 g/mol. The van der Waals surface area contributed by atoms with Crippen molar-refractivity contribution in [2.75, 3.05) is 5.88 Å². The number of hydrogen-bond donors (Lipinski definition) is 0. The number of halogens is 1. The van der Waals surface area contributed by atoms with Crippen LogP contribution < -0.4 is 0 Å². The largest absolute Gasteiger partial charge is 0.322 e. The lowest BCUT2D eigenvalue weighted by Gasteiger charge is -2.21. The lowest BCUT2D eigenvalue weighted by molar-refractivity contribution is -0.129. The first-order chi connectivity index (χ1) is 5.77. The summed E-state index contributed by atoms with van der Waals surface area (Å²) in [5.41, 5.74) is 0. The Kier molecular flexibility index (Phi) is 1.73. The van der Waals surface area contributed by atoms with Crippen LogP contribution in [0.5, 0.6) is 0 Å². The molecular formula is C8H9ClN2O. The Labute approximate surface area is 75.9 Å². The number of likely N-dealkylation sites (tertiary alicyclic amines) is 1. The van der Waals surface area contributed by atoms with E-state index in [2.05, 4.69) is 6.07 Å². The molecule has 1 unspecified atom stereocenters. The van der Waals surface area contributed by atoms with Crippen molar-refractivity contribution in [1.29, 1.82) is 5.26 Å². The third-order valence-electron chi connectivity index (χ3n) is 2.66. The summed E-state index contributed by atoms with van der Waals surface area (Å²) >= 11 is 5.44. The Hall–Kier alpha value is -0.750. The zero-order chi connectivity index (χ0) is 8.72. The van der Waals surface area contributed by atoms with Crippen LogP contribution in [0.4, 0.5) is 0 Å². The van der Waals surface area contributed by atoms with Gasteiger partial charge in [0, 0.05) is 6.04 Å². The van der Waals surface area contributed by atoms with Gasteiger partial charge in [-0.15, -0.1) is 11.6 Å². The molecule has 1 aliphatic heterocycles. The van der Waals surface area contributed by atoms with Gasteiger partial charge in [-0.3, -0.25) is 4.79 Å². The summed E-state index contributed by atoms with van der Waals surface area (Å²) in [5.74, 6) is 0.497. The minimum absolute atomic E-state index is 0.00139. The van der Waals surface area contributed by atoms with Crippen LogP contribution in [0.3, 0.4) is 0 Å². The zero-order valence-electron chi connectivity index (χ0n) is 6.53. The van der Waals surface area contributed by atoms with Crippen LogP contribution in [0.2, 0.25) is 0 Å². The van der Waals surface area contributed by atoms with Gasteiger partial charge in [0.05, 0.1) is 6.07 Å². The van der Waals surface area contributed by atoms with Gasteiger partial charge >= 0.3 is 0 Å². The number of rotatable bonds is 1. The summed E-state index contributed by atoms with van der Waals surface area (Å²) < 4.78 is 0. The molecule has 2 rings (SSSR count). The molecule has 0 N–H and O–H groups in total. The molecule has 12 heavy (non-hydrogen) atoms. The minimum Gasteiger partial charge on any atom is -0.322 e. The van der Waals surface area contributed by atoms with Gasteiger partial charge in [-0.05, 0) is 18.8 Å². The van der Waals surface area contributed by atoms with E-state index in [1.165, 1.54) is 0 Å². The average molecular weight is 185 g/mol. The quantitative estimate of drug-likeness (QED) is 0.565. The normalized spacial score (nSPS) is 37.3. The van der Waals surface area contributed by atoms with Crippen LogP contribution in [-0.4, -0.2) is 28.8 Å². The summed E-state index contributed by atoms with van der Waals surface area (Å²) in [7, 11) is 0. The van der Waals surface area contributed by atoms with E-state index in [1.54, 1.807) is 4.90 Å². The third kappa shape index (κ3) is 0.987. The van der Waals surface area contributed by atoms with Crippen molar-refractivity contribution in [1.82, 2.24) is 4.90 Å². The molecule has 4 heteroatoms. The molecule has 1 amide bonds. The lowest BCUT2D eigenvalue weighted by Crippen LogP contribution is -2.38. The molecule has 2 aliphatic rings. The van der Waals surface area contributed by atoms with Crippen LogP contribution in [-0.2, 0) is 4.79 Å². The highest BCUT2D eigenvalue weighted by Gasteiger charge is 2.53. The molecule has 0 aromatic heterocycles. The summed E-state index contributed by atoms with van der Waals surface area (Å²) in [5, 5.41) is 8.73. The number of nitriles is 1. The molecule has 1 heterocycles. The number of hydrogen-bond acceptors (Lipinski definition) is 2. The second-order valence-electron chi connectivity index (χ2n) is 3.38. The monoisotopic (exact) mass is 184 g/mol. The van der Waals surface area contributed by atoms with Crippen molar-refractivity contribution >= 4 is 17.5 Å². The molecule has 0 bridgehead atoms. The molecule has 0 spiro atoms. The summed E-state index contributed by atoms with van der Waals surface area (Å²) in [4.78, 5) is 12.9. The summed E-state index contributed by atoms with van der Waals surface area (Å²) in [6, 6.07) is 2.26. The number of alkyl halides is 1. The van der Waals surface area contributed by atoms with Gasteiger partial charge < -0.3 is 4.90 Å². The first-order valence-corrected chi connectivity index (χ1v) is 4.58. The highest BCUT2D eigenvalue weighted by molar-refractivity contribution is 6.27. The first-order valence-electron chi connectivity index (χ1n) is 4.04. The second-order valence-corrected chi connectivity index (χ2v) is 3.65. The standard InChI is InChI=1S/C8H9ClN2O/c9-3-8(12)11-6(4-10)1-5-2-7(5)11/h5-7H,1-3H2/t5?,6-,7-/m0/s1. The molecule has 2 fully saturated rings. The van der Waals surface area contributed by atoms with Crippen LogP contribution in [0.1, 0.15) is 12.8 Å². The Morgan fingerprint density at radius 3 is 3.00 bits per heavy atom. The summed E-state index contributed by atoms with van der Waals surface area (Å²) in [6.45, 7) is 0. The van der Waals surface area contributed by atoms with Crippen LogP contribution in [0.15, 0.2) is 0 Å². The van der Waals surface area contributed by atoms with Crippen LogP contribution in [0.25, 0.3) is 0 Å². The smallest absolute Gasteiger partial charge is 0.238 e. The minimum atomic E-state index is -0.208. The van der Waals surface area contributed by atoms with Gasteiger partial charge in [0.2, 0.25) is 5.91 Å². The molecule has 0 aromatic rings. The van der Waals surface area contributed by atoms with Crippen molar-refractivity contribution in [2.24, 2.45) is 5.92 Å². The predicted molar refractivity (Wildman–Crippen MR) is 43.5 cm³/mol. The fourth-order valence-corrected chi connectivity index (χ4v) is 2.14. The molecule has 0 aromatic carbocycles. The lowest BCUT2D eigenvalue weighted by atomic mass is 10.2. The number of amides is 1. The van der Waals surface area contributed by atoms with Gasteiger partial charge in [-0.1, -0.05) is 0 Å². The average Bonchev–Trinajstić information content (AvgIpc) is 2.76. The van der Waals surface area contributed by atoms with Crippen molar-refractivity contribution < 1.29 is 4.79 Å². The third-order valence-corrected chi connectivity index (χ3v) is 2.88. The van der Waals surface area contributed by atoms with E-state index >= 15 is 0 Å². The van der Waals surface area contributed by atoms with E-state index in [9.17, 15) is 4.79 Å². The van der Waals surface area contributed by atoms with Gasteiger partial charge in [-0.25, -0.2) is 0 Å². The Balaban J connectivity index is 2.12. The molecule has 3 atom stereocenters. The van der Waals surface area contributed by atoms with Gasteiger partial charge in [0.15, 0.2) is 0 Å². The molecule has 3 nitrogen and oxygen atoms in total. The fraction of sp³-hybridized carbons (Fsp3) is 0.750. The Morgan fingerprint density at radius 2 is 2.42 bits per heavy atom. The van der Waals surface area contributed by atoms with Crippen LogP contribution in [0, 0.1) is 17.2 Å². The van der Waals surface area contributed by atoms with E-state index < -0.39 is 0 Å². The van der Waals surface area contributed by atoms with Gasteiger partial charge in [-0.2, -0.15) is 5.26 Å². The van der Waals surface area contributed by atoms with Crippen LogP contribution >= 0.6 is 11.6 Å². The SMILES string of the molecule is N#C[C@@H]1CC2C[C@@H]2N1C(=O)CCl. The zero-order valence-corrected chi connectivity index (χ0v) is 7.29. The fourth-order valence-electron chi connectivity index (χ4n) is 2.00. The molecule has 1 saturated carbocycles. The highest BCUT2D eigenvalue weighted by atomic mass is 35.5. The van der Waals surface area contributed by atoms with E-state index in [0.717, 1.165) is 12.8 Å². The van der Waals surface area contributed by atoms with E-state index in [0.29, 0.717) is 12.0 Å². The highest BCUT2D eigenvalue weighted by Crippen LogP contribution is 2.47. The van der Waals surface area contributed by atoms with Crippen molar-refractivity contribution in [3.63, 3.8) is 0 Å². The molecule has 0 radical (unpaired) electrons. The van der Waals surface area contributed by atoms with Crippen molar-refractivity contribution in [3.05, 3.63) is 0 Å². The Bertz CT molecular complexity index is 260. The Morgan fingerprint density at radius 1 is 1.67 bits per heavy atom. The molecule has 1 aliphatic carbocycles. The maximum atomic E-state index is 11.3. The number of carbonyl (C=O) groups excluding carboxylic acids is 1. The van der Waals surface area contributed by atoms with Crippen molar-refractivity contribution in [3.8, 4) is 6.07 Å². The first kappa shape index (κ1) is 7.88. The maximum absolute atomic E-state index is 11.3. The summed E-state index contributed by atoms with van der Waals surface area (Å²) in [6.07, 6.45) is 1.92. The number of fused-ring (bicyclic) bond motifs is 1. The molecule has 1 saturated heterocycles. The number of nitrogens with zero attached hydrogens (tertiary/aromatic N) is 2. The second kappa shape index (κ2) is 2.63. The predicted octanol–water partition coefficient (Wildman–Crippen LogP) is 0.738. The van der Waals surface area contributed by atoms with Crippen molar-refractivity contribution in [2.45, 2.75) is 24.9 Å². The van der Waals surface area contributed by atoms with E-state index in [1.807, 2.05) is 0 Å². The van der Waals surface area contributed by atoms with E-state index in [4.69, 9.17) is 16.9 Å². The van der Waals surface area contributed by atoms with Gasteiger partial charge in [0.25, 0.3) is 0 Å². The maximum Gasteiger partial charge on any atom is 0.238 e. The number of carbonyl (C=O) groups is 1.